The fourth-order valence-corrected chi connectivity index (χ4v) is 4.80. The highest BCUT2D eigenvalue weighted by atomic mass is 16.7. The third-order valence-electron chi connectivity index (χ3n) is 7.03. The van der Waals surface area contributed by atoms with Crippen LogP contribution in [0.1, 0.15) is 17.4 Å². The van der Waals surface area contributed by atoms with Crippen molar-refractivity contribution < 1.29 is 49.3 Å². The van der Waals surface area contributed by atoms with Crippen LogP contribution in [0.2, 0.25) is 0 Å². The Labute approximate surface area is 237 Å². The fraction of sp³-hybridized carbons (Fsp3) is 0.462. The van der Waals surface area contributed by atoms with Crippen molar-refractivity contribution in [2.24, 2.45) is 11.7 Å². The minimum absolute atomic E-state index is 0.127. The van der Waals surface area contributed by atoms with Gasteiger partial charge in [0.05, 0.1) is 13.2 Å². The molecule has 16 heteroatoms. The van der Waals surface area contributed by atoms with E-state index < -0.39 is 84.4 Å². The number of aromatic nitrogens is 2. The average Bonchev–Trinajstić information content (AvgIpc) is 3.28. The van der Waals surface area contributed by atoms with Crippen LogP contribution in [0.3, 0.4) is 0 Å². The zero-order valence-corrected chi connectivity index (χ0v) is 22.1. The van der Waals surface area contributed by atoms with Crippen molar-refractivity contribution >= 4 is 11.8 Å². The number of H-pyrrole nitrogens is 1. The van der Waals surface area contributed by atoms with Gasteiger partial charge in [-0.05, 0) is 23.6 Å². The monoisotopic (exact) mass is 592 g/mol. The summed E-state index contributed by atoms with van der Waals surface area (Å²) in [6, 6.07) is 8.09. The van der Waals surface area contributed by atoms with Gasteiger partial charge in [0, 0.05) is 24.7 Å². The van der Waals surface area contributed by atoms with Gasteiger partial charge in [-0.15, -0.1) is 0 Å². The summed E-state index contributed by atoms with van der Waals surface area (Å²) < 4.78 is 17.6. The van der Waals surface area contributed by atoms with Gasteiger partial charge in [-0.3, -0.25) is 23.9 Å². The number of nitrogens with two attached hydrogens (primary N) is 1. The number of amides is 2. The number of nitrogens with zero attached hydrogens (tertiary/aromatic N) is 1. The van der Waals surface area contributed by atoms with E-state index in [0.29, 0.717) is 12.0 Å². The molecule has 0 radical (unpaired) electrons. The summed E-state index contributed by atoms with van der Waals surface area (Å²) >= 11 is 0. The van der Waals surface area contributed by atoms with Gasteiger partial charge in [0.2, 0.25) is 12.2 Å². The lowest BCUT2D eigenvalue weighted by Gasteiger charge is -2.35. The number of hydrogen-bond donors (Lipinski definition) is 8. The lowest BCUT2D eigenvalue weighted by Crippen LogP contribution is -2.53. The maximum Gasteiger partial charge on any atom is 0.330 e. The second-order valence-electron chi connectivity index (χ2n) is 9.74. The van der Waals surface area contributed by atoms with Crippen LogP contribution in [-0.2, 0) is 36.8 Å². The summed E-state index contributed by atoms with van der Waals surface area (Å²) in [6.07, 6.45) is -9.27. The van der Waals surface area contributed by atoms with Crippen molar-refractivity contribution in [1.29, 1.82) is 0 Å². The first-order chi connectivity index (χ1) is 20.0. The van der Waals surface area contributed by atoms with Crippen molar-refractivity contribution in [2.75, 3.05) is 13.2 Å². The van der Waals surface area contributed by atoms with Crippen molar-refractivity contribution in [3.8, 4) is 0 Å². The van der Waals surface area contributed by atoms with Crippen LogP contribution in [0.4, 0.5) is 0 Å². The third-order valence-corrected chi connectivity index (χ3v) is 7.03. The molecule has 42 heavy (non-hydrogen) atoms. The van der Waals surface area contributed by atoms with Crippen molar-refractivity contribution in [3.05, 3.63) is 80.3 Å². The zero-order valence-electron chi connectivity index (χ0n) is 22.1. The Morgan fingerprint density at radius 2 is 1.81 bits per heavy atom. The first-order valence-corrected chi connectivity index (χ1v) is 13.0. The van der Waals surface area contributed by atoms with Gasteiger partial charge in [0.1, 0.15) is 24.4 Å². The van der Waals surface area contributed by atoms with Crippen molar-refractivity contribution in [2.45, 2.75) is 56.1 Å². The Balaban J connectivity index is 1.47. The molecule has 16 nitrogen and oxygen atoms in total. The predicted octanol–water partition coefficient (Wildman–Crippen LogP) is -3.91. The van der Waals surface area contributed by atoms with E-state index in [1.807, 2.05) is 4.98 Å². The highest BCUT2D eigenvalue weighted by Crippen LogP contribution is 2.36. The Bertz CT molecular complexity index is 1420. The SMILES string of the molecule is NC(=O)[C@H](O[C@H]1OC(C(=O)NCCc2ccccc2CO)=C[C@H](O)[C@@H]1O)C1O[C@@H](n2ccc(=O)[nH]c2=O)[C@H](O)[C@@H]1CO. The number of hydrogen-bond acceptors (Lipinski definition) is 12. The largest absolute Gasteiger partial charge is 0.456 e. The van der Waals surface area contributed by atoms with Gasteiger partial charge < -0.3 is 50.8 Å². The molecule has 8 atom stereocenters. The second-order valence-corrected chi connectivity index (χ2v) is 9.74. The molecule has 2 amide bonds. The van der Waals surface area contributed by atoms with Gasteiger partial charge >= 0.3 is 5.69 Å². The van der Waals surface area contributed by atoms with Gasteiger partial charge in [-0.2, -0.15) is 0 Å². The number of aromatic amines is 1. The van der Waals surface area contributed by atoms with Crippen LogP contribution in [0.5, 0.6) is 0 Å². The van der Waals surface area contributed by atoms with Gasteiger partial charge in [0.25, 0.3) is 11.5 Å². The summed E-state index contributed by atoms with van der Waals surface area (Å²) in [5, 5.41) is 53.6. The van der Waals surface area contributed by atoms with E-state index in [2.05, 4.69) is 5.32 Å². The molecule has 0 saturated carbocycles. The summed E-state index contributed by atoms with van der Waals surface area (Å²) in [5.41, 5.74) is 5.37. The Hall–Kier alpha value is -3.90. The molecule has 2 aliphatic heterocycles. The lowest BCUT2D eigenvalue weighted by atomic mass is 9.94. The van der Waals surface area contributed by atoms with Crippen LogP contribution < -0.4 is 22.3 Å². The molecule has 1 aromatic carbocycles. The maximum absolute atomic E-state index is 12.8. The molecular formula is C26H32N4O12. The minimum atomic E-state index is -1.83. The summed E-state index contributed by atoms with van der Waals surface area (Å²) in [7, 11) is 0. The molecule has 4 rings (SSSR count). The molecule has 1 unspecified atom stereocenters. The molecule has 1 aromatic heterocycles. The van der Waals surface area contributed by atoms with Crippen LogP contribution in [-0.4, -0.2) is 96.9 Å². The molecule has 0 aliphatic carbocycles. The molecule has 2 aromatic rings. The predicted molar refractivity (Wildman–Crippen MR) is 140 cm³/mol. The van der Waals surface area contributed by atoms with E-state index in [1.54, 1.807) is 24.3 Å². The van der Waals surface area contributed by atoms with E-state index >= 15 is 0 Å². The number of aliphatic hydroxyl groups excluding tert-OH is 5. The standard InChI is InChI=1S/C26H32N4O12/c27-22(37)21(20-14(11-32)18(35)24(41-20)30-8-6-17(34)29-26(30)39)42-25-19(36)15(33)9-16(40-25)23(38)28-7-5-12-3-1-2-4-13(12)10-31/h1-4,6,8-9,14-15,18-21,24-25,31-33,35-36H,5,7,10-11H2,(H2,27,37)(H,28,38)(H,29,34,39)/t14-,15-,18+,19-,20?,21+,24+,25+/m0/s1. The van der Waals surface area contributed by atoms with Crippen LogP contribution in [0, 0.1) is 5.92 Å². The molecule has 1 saturated heterocycles. The van der Waals surface area contributed by atoms with Crippen LogP contribution in [0.25, 0.3) is 0 Å². The molecule has 1 fully saturated rings. The number of primary amides is 1. The third kappa shape index (κ3) is 6.60. The fourth-order valence-electron chi connectivity index (χ4n) is 4.80. The molecule has 3 heterocycles. The highest BCUT2D eigenvalue weighted by Gasteiger charge is 2.51. The quantitative estimate of drug-likeness (QED) is 0.125. The molecule has 0 bridgehead atoms. The van der Waals surface area contributed by atoms with Crippen LogP contribution in [0.15, 0.2) is 58.0 Å². The zero-order chi connectivity index (χ0) is 30.6. The highest BCUT2D eigenvalue weighted by molar-refractivity contribution is 5.91. The van der Waals surface area contributed by atoms with Crippen molar-refractivity contribution in [3.63, 3.8) is 0 Å². The van der Waals surface area contributed by atoms with Crippen molar-refractivity contribution in [1.82, 2.24) is 14.9 Å². The summed E-state index contributed by atoms with van der Waals surface area (Å²) in [5.74, 6) is -3.62. The van der Waals surface area contributed by atoms with Gasteiger partial charge in [0.15, 0.2) is 18.1 Å². The van der Waals surface area contributed by atoms with E-state index in [9.17, 15) is 44.7 Å². The lowest BCUT2D eigenvalue weighted by molar-refractivity contribution is -0.239. The average molecular weight is 593 g/mol. The molecule has 9 N–H and O–H groups in total. The number of carbonyl (C=O) groups excluding carboxylic acids is 2. The summed E-state index contributed by atoms with van der Waals surface area (Å²) in [6.45, 7) is -0.802. The normalized spacial score (nSPS) is 28.0. The first-order valence-electron chi connectivity index (χ1n) is 13.0. The van der Waals surface area contributed by atoms with Gasteiger partial charge in [-0.25, -0.2) is 4.79 Å². The van der Waals surface area contributed by atoms with E-state index in [-0.39, 0.29) is 13.2 Å². The number of ether oxygens (including phenoxy) is 3. The number of carbonyl (C=O) groups is 2. The Morgan fingerprint density at radius 3 is 2.45 bits per heavy atom. The van der Waals surface area contributed by atoms with E-state index in [1.165, 1.54) is 0 Å². The van der Waals surface area contributed by atoms with E-state index in [0.717, 1.165) is 28.5 Å². The molecule has 228 valence electrons. The number of benzene rings is 1. The molecular weight excluding hydrogens is 560 g/mol. The Morgan fingerprint density at radius 1 is 1.10 bits per heavy atom. The molecule has 0 spiro atoms. The Kier molecular flexibility index (Phi) is 9.89. The minimum Gasteiger partial charge on any atom is -0.456 e. The van der Waals surface area contributed by atoms with E-state index in [4.69, 9.17) is 19.9 Å². The topological polar surface area (TPSA) is 256 Å². The number of aliphatic hydroxyl groups is 5. The number of nitrogens with one attached hydrogen (secondary N) is 2. The smallest absolute Gasteiger partial charge is 0.330 e. The first kappa shape index (κ1) is 31.0. The second kappa shape index (κ2) is 13.4. The van der Waals surface area contributed by atoms with Gasteiger partial charge in [-0.1, -0.05) is 24.3 Å². The molecule has 2 aliphatic rings. The maximum atomic E-state index is 12.8. The van der Waals surface area contributed by atoms with Crippen LogP contribution >= 0.6 is 0 Å². The summed E-state index contributed by atoms with van der Waals surface area (Å²) in [4.78, 5) is 50.9. The number of rotatable bonds is 11.